The zero-order valence-corrected chi connectivity index (χ0v) is 16.2. The van der Waals surface area contributed by atoms with E-state index in [1.165, 1.54) is 28.8 Å². The molecule has 0 unspecified atom stereocenters. The number of thiazole rings is 1. The number of hydrogen-bond acceptors (Lipinski definition) is 7. The van der Waals surface area contributed by atoms with Crippen LogP contribution in [0, 0.1) is 22.7 Å². The maximum atomic E-state index is 13.0. The molecule has 30 heavy (non-hydrogen) atoms. The molecule has 3 aromatic rings. The van der Waals surface area contributed by atoms with E-state index in [1.54, 1.807) is 30.3 Å². The monoisotopic (exact) mass is 414 g/mol. The molecule has 1 aromatic heterocycles. The summed E-state index contributed by atoms with van der Waals surface area (Å²) in [5.41, 5.74) is 7.42. The van der Waals surface area contributed by atoms with Crippen LogP contribution in [0.4, 0.5) is 0 Å². The van der Waals surface area contributed by atoms with Crippen molar-refractivity contribution in [3.8, 4) is 23.6 Å². The van der Waals surface area contributed by atoms with Gasteiger partial charge >= 0.3 is 0 Å². The lowest BCUT2D eigenvalue weighted by atomic mass is 9.84. The molecule has 1 aliphatic rings. The number of aromatic hydroxyl groups is 2. The topological polar surface area (TPSA) is 136 Å². The zero-order valence-electron chi connectivity index (χ0n) is 15.4. The van der Waals surface area contributed by atoms with Gasteiger partial charge in [0.25, 0.3) is 5.56 Å². The first kappa shape index (κ1) is 19.1. The predicted octanol–water partition coefficient (Wildman–Crippen LogP) is 1.27. The van der Waals surface area contributed by atoms with Gasteiger partial charge < -0.3 is 15.9 Å². The van der Waals surface area contributed by atoms with Crippen molar-refractivity contribution in [3.63, 3.8) is 0 Å². The Kier molecular flexibility index (Phi) is 4.63. The highest BCUT2D eigenvalue weighted by Crippen LogP contribution is 2.35. The van der Waals surface area contributed by atoms with Gasteiger partial charge in [-0.05, 0) is 41.5 Å². The van der Waals surface area contributed by atoms with Crippen LogP contribution in [0.5, 0.6) is 11.5 Å². The highest BCUT2D eigenvalue weighted by atomic mass is 32.1. The van der Waals surface area contributed by atoms with Crippen molar-refractivity contribution < 1.29 is 10.2 Å². The minimum Gasteiger partial charge on any atom is -0.508 e. The van der Waals surface area contributed by atoms with E-state index in [4.69, 9.17) is 5.73 Å². The van der Waals surface area contributed by atoms with Gasteiger partial charge in [-0.3, -0.25) is 9.36 Å². The Balaban J connectivity index is 2.04. The fourth-order valence-electron chi connectivity index (χ4n) is 3.37. The van der Waals surface area contributed by atoms with Crippen LogP contribution >= 0.6 is 11.3 Å². The van der Waals surface area contributed by atoms with E-state index >= 15 is 0 Å². The number of hydrogen-bond donors (Lipinski definition) is 3. The van der Waals surface area contributed by atoms with E-state index in [1.807, 2.05) is 6.07 Å². The Labute approximate surface area is 174 Å². The molecule has 0 amide bonds. The number of aromatic nitrogens is 1. The minimum atomic E-state index is -0.736. The van der Waals surface area contributed by atoms with Gasteiger partial charge in [0.05, 0.1) is 33.7 Å². The number of phenols is 2. The summed E-state index contributed by atoms with van der Waals surface area (Å²) >= 11 is 1.11. The molecule has 146 valence electrons. The number of benzene rings is 2. The molecule has 0 bridgehead atoms. The van der Waals surface area contributed by atoms with Gasteiger partial charge in [-0.1, -0.05) is 24.3 Å². The first-order valence-corrected chi connectivity index (χ1v) is 9.62. The molecule has 0 saturated carbocycles. The number of rotatable bonds is 2. The molecular weight excluding hydrogens is 400 g/mol. The second kappa shape index (κ2) is 7.28. The normalized spacial score (nSPS) is 16.1. The summed E-state index contributed by atoms with van der Waals surface area (Å²) in [5.74, 6) is -0.587. The first-order valence-electron chi connectivity index (χ1n) is 8.80. The van der Waals surface area contributed by atoms with Crippen LogP contribution in [0.2, 0.25) is 0 Å². The van der Waals surface area contributed by atoms with Crippen LogP contribution in [0.25, 0.3) is 17.5 Å². The van der Waals surface area contributed by atoms with Crippen LogP contribution in [0.1, 0.15) is 17.0 Å². The van der Waals surface area contributed by atoms with Crippen molar-refractivity contribution in [2.45, 2.75) is 5.92 Å². The summed E-state index contributed by atoms with van der Waals surface area (Å²) in [6.07, 6.45) is 1.64. The third kappa shape index (κ3) is 3.02. The van der Waals surface area contributed by atoms with Crippen molar-refractivity contribution in [1.82, 2.24) is 4.57 Å². The number of nitrogens with two attached hydrogens (primary N) is 1. The second-order valence-corrected chi connectivity index (χ2v) is 7.64. The van der Waals surface area contributed by atoms with E-state index < -0.39 is 11.5 Å². The van der Waals surface area contributed by atoms with Crippen molar-refractivity contribution in [1.29, 1.82) is 10.5 Å². The lowest BCUT2D eigenvalue weighted by molar-refractivity contribution is 0.474. The molecule has 0 aliphatic carbocycles. The molecule has 8 heteroatoms. The Morgan fingerprint density at radius 1 is 0.967 bits per heavy atom. The van der Waals surface area contributed by atoms with Gasteiger partial charge in [-0.25, -0.2) is 0 Å². The number of nitrogens with zero attached hydrogens (tertiary/aromatic N) is 3. The molecule has 2 aromatic carbocycles. The van der Waals surface area contributed by atoms with Crippen LogP contribution < -0.4 is 20.5 Å². The van der Waals surface area contributed by atoms with E-state index in [-0.39, 0.29) is 28.5 Å². The number of allylic oxidation sites excluding steroid dienone is 1. The third-order valence-electron chi connectivity index (χ3n) is 4.81. The van der Waals surface area contributed by atoms with Gasteiger partial charge in [0, 0.05) is 0 Å². The molecule has 0 fully saturated rings. The van der Waals surface area contributed by atoms with Gasteiger partial charge in [0.1, 0.15) is 22.0 Å². The van der Waals surface area contributed by atoms with Crippen molar-refractivity contribution in [2.24, 2.45) is 5.73 Å². The fraction of sp³-hybridized carbons (Fsp3) is 0.0455. The number of nitriles is 2. The highest BCUT2D eigenvalue weighted by Gasteiger charge is 2.32. The summed E-state index contributed by atoms with van der Waals surface area (Å²) in [5, 5.41) is 38.6. The van der Waals surface area contributed by atoms with Crippen molar-refractivity contribution in [3.05, 3.63) is 84.8 Å². The van der Waals surface area contributed by atoms with Gasteiger partial charge in [-0.2, -0.15) is 10.5 Å². The smallest absolute Gasteiger partial charge is 0.274 e. The standard InChI is InChI=1S/C22H14N4O3S/c23-10-16-19(13-3-7-15(28)8-4-13)17(11-24)22-26(20(16)25)21(29)18(30-22)9-12-1-5-14(27)6-2-12/h1-9,19,27-28H,25H2/b18-9-/t19-/m0/s1. The lowest BCUT2D eigenvalue weighted by Crippen LogP contribution is -2.38. The third-order valence-corrected chi connectivity index (χ3v) is 5.91. The van der Waals surface area contributed by atoms with Gasteiger partial charge in [0.2, 0.25) is 0 Å². The molecule has 0 spiro atoms. The van der Waals surface area contributed by atoms with Crippen LogP contribution in [-0.4, -0.2) is 14.8 Å². The molecule has 7 nitrogen and oxygen atoms in total. The van der Waals surface area contributed by atoms with Crippen molar-refractivity contribution in [2.75, 3.05) is 0 Å². The molecule has 0 radical (unpaired) electrons. The molecule has 1 aliphatic heterocycles. The van der Waals surface area contributed by atoms with Gasteiger partial charge in [0.15, 0.2) is 0 Å². The summed E-state index contributed by atoms with van der Waals surface area (Å²) in [6.45, 7) is 0. The quantitative estimate of drug-likeness (QED) is 0.578. The zero-order chi connectivity index (χ0) is 21.4. The maximum Gasteiger partial charge on any atom is 0.274 e. The largest absolute Gasteiger partial charge is 0.508 e. The molecule has 1 atom stereocenters. The van der Waals surface area contributed by atoms with Crippen LogP contribution in [0.15, 0.2) is 58.9 Å². The average molecular weight is 414 g/mol. The summed E-state index contributed by atoms with van der Waals surface area (Å²) in [6, 6.07) is 16.7. The highest BCUT2D eigenvalue weighted by molar-refractivity contribution is 7.07. The Morgan fingerprint density at radius 2 is 1.53 bits per heavy atom. The average Bonchev–Trinajstić information content (AvgIpc) is 3.06. The molecule has 4 rings (SSSR count). The first-order chi connectivity index (χ1) is 14.4. The second-order valence-electron chi connectivity index (χ2n) is 6.61. The molecular formula is C22H14N4O3S. The summed E-state index contributed by atoms with van der Waals surface area (Å²) < 4.78 is 1.91. The Morgan fingerprint density at radius 3 is 2.10 bits per heavy atom. The molecule has 2 heterocycles. The Hall–Kier alpha value is -4.27. The van der Waals surface area contributed by atoms with E-state index in [9.17, 15) is 25.5 Å². The molecule has 0 saturated heterocycles. The van der Waals surface area contributed by atoms with Crippen molar-refractivity contribution >= 4 is 28.8 Å². The summed E-state index contributed by atoms with van der Waals surface area (Å²) in [4.78, 5) is 13.0. The SMILES string of the molecule is N#CC1=C(N)n2c(s/c(=C\c3ccc(O)cc3)c2=O)=C(C#N)[C@H]1c1ccc(O)cc1. The molecule has 4 N–H and O–H groups in total. The predicted molar refractivity (Wildman–Crippen MR) is 112 cm³/mol. The van der Waals surface area contributed by atoms with Crippen LogP contribution in [-0.2, 0) is 0 Å². The fourth-order valence-corrected chi connectivity index (χ4v) is 4.50. The van der Waals surface area contributed by atoms with E-state index in [2.05, 4.69) is 6.07 Å². The minimum absolute atomic E-state index is 0.0174. The van der Waals surface area contributed by atoms with E-state index in [0.29, 0.717) is 20.3 Å². The number of phenolic OH excluding ortho intramolecular Hbond substituents is 2. The Bertz CT molecular complexity index is 1450. The number of fused-ring (bicyclic) bond motifs is 1. The summed E-state index contributed by atoms with van der Waals surface area (Å²) in [7, 11) is 0. The maximum absolute atomic E-state index is 13.0. The van der Waals surface area contributed by atoms with Crippen LogP contribution in [0.3, 0.4) is 0 Å². The van der Waals surface area contributed by atoms with Gasteiger partial charge in [-0.15, -0.1) is 11.3 Å². The van der Waals surface area contributed by atoms with E-state index in [0.717, 1.165) is 11.3 Å². The lowest BCUT2D eigenvalue weighted by Gasteiger charge is -2.22.